The largest absolute Gasteiger partial charge is 0.490 e. The summed E-state index contributed by atoms with van der Waals surface area (Å²) < 4.78 is 20.2. The van der Waals surface area contributed by atoms with Gasteiger partial charge in [0.05, 0.1) is 16.7 Å². The zero-order chi connectivity index (χ0) is 18.9. The Labute approximate surface area is 157 Å². The first-order chi connectivity index (χ1) is 11.6. The molecule has 2 rings (SSSR count). The van der Waals surface area contributed by atoms with Gasteiger partial charge in [-0.25, -0.2) is 0 Å². The first-order valence-corrected chi connectivity index (χ1v) is 13.1. The molecule has 2 aliphatic rings. The Bertz CT molecular complexity index is 420. The fourth-order valence-electron chi connectivity index (χ4n) is 4.51. The predicted molar refractivity (Wildman–Crippen MR) is 109 cm³/mol. The fourth-order valence-corrected chi connectivity index (χ4v) is 7.64. The molecule has 0 unspecified atom stereocenters. The van der Waals surface area contributed by atoms with Crippen LogP contribution in [0.3, 0.4) is 0 Å². The molecule has 0 aromatic heterocycles. The van der Waals surface area contributed by atoms with Crippen LogP contribution in [-0.2, 0) is 13.7 Å². The highest BCUT2D eigenvalue weighted by Crippen LogP contribution is 2.47. The summed E-state index contributed by atoms with van der Waals surface area (Å²) in [7, 11) is -2.02. The molecule has 0 radical (unpaired) electrons. The summed E-state index contributed by atoms with van der Waals surface area (Å²) >= 11 is 0. The monoisotopic (exact) mass is 368 g/mol. The molecule has 0 amide bonds. The van der Waals surface area contributed by atoms with Crippen molar-refractivity contribution in [3.63, 3.8) is 0 Å². The Kier molecular flexibility index (Phi) is 6.57. The molecule has 0 N–H and O–H groups in total. The molecule has 1 heterocycles. The van der Waals surface area contributed by atoms with Crippen LogP contribution in [0.15, 0.2) is 0 Å². The highest BCUT2D eigenvalue weighted by molar-refractivity contribution is 6.74. The number of hydrogen-bond acceptors (Lipinski definition) is 3. The van der Waals surface area contributed by atoms with Gasteiger partial charge in [-0.15, -0.1) is 0 Å². The molecule has 0 spiro atoms. The maximum atomic E-state index is 7.17. The third-order valence-electron chi connectivity index (χ3n) is 7.51. The van der Waals surface area contributed by atoms with Crippen molar-refractivity contribution in [2.45, 2.75) is 122 Å². The topological polar surface area (TPSA) is 27.7 Å². The summed E-state index contributed by atoms with van der Waals surface area (Å²) in [5, 5.41) is 0. The molecule has 3 nitrogen and oxygen atoms in total. The Balaban J connectivity index is 2.36. The van der Waals surface area contributed by atoms with Crippen molar-refractivity contribution in [1.82, 2.24) is 0 Å². The smallest absolute Gasteiger partial charge is 0.413 e. The molecule has 1 saturated carbocycles. The highest BCUT2D eigenvalue weighted by atomic mass is 28.4. The lowest BCUT2D eigenvalue weighted by Crippen LogP contribution is -2.59. The summed E-state index contributed by atoms with van der Waals surface area (Å²) in [6, 6.07) is 3.51. The third kappa shape index (κ3) is 4.05. The van der Waals surface area contributed by atoms with Crippen molar-refractivity contribution in [2.75, 3.05) is 0 Å². The molecule has 2 fully saturated rings. The Morgan fingerprint density at radius 3 is 1.76 bits per heavy atom. The van der Waals surface area contributed by atoms with Crippen LogP contribution in [-0.4, -0.2) is 32.1 Å². The van der Waals surface area contributed by atoms with Crippen molar-refractivity contribution in [3.8, 4) is 0 Å². The molecule has 25 heavy (non-hydrogen) atoms. The van der Waals surface area contributed by atoms with Gasteiger partial charge in [-0.3, -0.25) is 0 Å². The summed E-state index contributed by atoms with van der Waals surface area (Å²) in [6.07, 6.45) is 6.45. The molecule has 146 valence electrons. The first kappa shape index (κ1) is 21.5. The van der Waals surface area contributed by atoms with Gasteiger partial charge in [0.2, 0.25) is 0 Å². The normalized spacial score (nSPS) is 26.6. The van der Waals surface area contributed by atoms with E-state index in [1.165, 1.54) is 50.2 Å². The van der Waals surface area contributed by atoms with Crippen molar-refractivity contribution in [2.24, 2.45) is 5.92 Å². The highest BCUT2D eigenvalue weighted by Gasteiger charge is 2.62. The van der Waals surface area contributed by atoms with E-state index in [0.717, 1.165) is 0 Å². The van der Waals surface area contributed by atoms with Crippen LogP contribution in [0.2, 0.25) is 18.1 Å². The van der Waals surface area contributed by atoms with E-state index in [1.54, 1.807) is 0 Å². The molecule has 0 bridgehead atoms. The van der Waals surface area contributed by atoms with Crippen molar-refractivity contribution < 1.29 is 13.7 Å². The second-order valence-corrected chi connectivity index (χ2v) is 14.1. The van der Waals surface area contributed by atoms with Gasteiger partial charge < -0.3 is 13.7 Å². The van der Waals surface area contributed by atoms with Crippen LogP contribution in [0.5, 0.6) is 0 Å². The molecule has 5 heteroatoms. The van der Waals surface area contributed by atoms with E-state index in [0.29, 0.717) is 5.92 Å². The van der Waals surface area contributed by atoms with Crippen molar-refractivity contribution in [3.05, 3.63) is 0 Å². The van der Waals surface area contributed by atoms with Gasteiger partial charge >= 0.3 is 7.12 Å². The van der Waals surface area contributed by atoms with Gasteiger partial charge in [0.25, 0.3) is 0 Å². The quantitative estimate of drug-likeness (QED) is 0.518. The van der Waals surface area contributed by atoms with E-state index >= 15 is 0 Å². The summed E-state index contributed by atoms with van der Waals surface area (Å²) in [5.41, 5.74) is -0.933. The average Bonchev–Trinajstić information content (AvgIpc) is 2.82. The minimum Gasteiger partial charge on any atom is -0.413 e. The van der Waals surface area contributed by atoms with Gasteiger partial charge in [0.15, 0.2) is 8.32 Å². The van der Waals surface area contributed by atoms with Crippen LogP contribution in [0.25, 0.3) is 0 Å². The maximum absolute atomic E-state index is 7.17. The third-order valence-corrected chi connectivity index (χ3v) is 12.2. The van der Waals surface area contributed by atoms with Gasteiger partial charge in [0, 0.05) is 0 Å². The standard InChI is InChI=1S/C20H41BO3Si/c1-9-25(10-2,11-3)24-20(8,17-15-13-12-14-16-17)21-22-18(4,5)19(6,7)23-21/h17H,9-16H2,1-8H3/t20-/m0/s1. The summed E-state index contributed by atoms with van der Waals surface area (Å²) in [5.74, 6) is 0.535. The van der Waals surface area contributed by atoms with Crippen LogP contribution >= 0.6 is 0 Å². The zero-order valence-corrected chi connectivity index (χ0v) is 19.0. The summed E-state index contributed by atoms with van der Waals surface area (Å²) in [6.45, 7) is 17.8. The van der Waals surface area contributed by atoms with E-state index in [2.05, 4.69) is 55.4 Å². The van der Waals surface area contributed by atoms with Gasteiger partial charge in [0.1, 0.15) is 0 Å². The second kappa shape index (κ2) is 7.65. The molecule has 1 aliphatic carbocycles. The molecule has 1 saturated heterocycles. The average molecular weight is 368 g/mol. The first-order valence-electron chi connectivity index (χ1n) is 10.6. The minimum atomic E-state index is -1.76. The lowest BCUT2D eigenvalue weighted by Gasteiger charge is -2.47. The zero-order valence-electron chi connectivity index (χ0n) is 18.0. The Hall–Kier alpha value is 0.162. The van der Waals surface area contributed by atoms with Crippen molar-refractivity contribution >= 4 is 15.4 Å². The van der Waals surface area contributed by atoms with E-state index in [9.17, 15) is 0 Å². The van der Waals surface area contributed by atoms with E-state index in [-0.39, 0.29) is 23.8 Å². The maximum Gasteiger partial charge on any atom is 0.490 e. The van der Waals surface area contributed by atoms with Crippen molar-refractivity contribution in [1.29, 1.82) is 0 Å². The van der Waals surface area contributed by atoms with Gasteiger partial charge in [-0.05, 0) is 71.5 Å². The second-order valence-electron chi connectivity index (χ2n) is 9.45. The van der Waals surface area contributed by atoms with Crippen LogP contribution in [0.1, 0.15) is 87.5 Å². The molecule has 1 atom stereocenters. The Morgan fingerprint density at radius 2 is 1.36 bits per heavy atom. The van der Waals surface area contributed by atoms with E-state index < -0.39 is 8.32 Å². The van der Waals surface area contributed by atoms with Gasteiger partial charge in [-0.1, -0.05) is 40.0 Å². The number of hydrogen-bond donors (Lipinski definition) is 0. The van der Waals surface area contributed by atoms with Crippen LogP contribution in [0, 0.1) is 5.92 Å². The fraction of sp³-hybridized carbons (Fsp3) is 1.00. The van der Waals surface area contributed by atoms with E-state index in [1.807, 2.05) is 0 Å². The molecule has 1 aliphatic heterocycles. The predicted octanol–water partition coefficient (Wildman–Crippen LogP) is 5.98. The minimum absolute atomic E-state index is 0.267. The Morgan fingerprint density at radius 1 is 0.920 bits per heavy atom. The molecular weight excluding hydrogens is 327 g/mol. The molecule has 0 aromatic carbocycles. The lowest BCUT2D eigenvalue weighted by molar-refractivity contribution is 0.00578. The van der Waals surface area contributed by atoms with Gasteiger partial charge in [-0.2, -0.15) is 0 Å². The molecular formula is C20H41BO3Si. The lowest BCUT2D eigenvalue weighted by atomic mass is 9.58. The van der Waals surface area contributed by atoms with Crippen LogP contribution < -0.4 is 0 Å². The SMILES string of the molecule is CC[Si](CC)(CC)O[C@](C)(B1OC(C)(C)C(C)(C)O1)C1CCCCC1. The number of rotatable bonds is 7. The van der Waals surface area contributed by atoms with Crippen LogP contribution in [0.4, 0.5) is 0 Å². The molecule has 0 aromatic rings. The van der Waals surface area contributed by atoms with E-state index in [4.69, 9.17) is 13.7 Å². The summed E-state index contributed by atoms with van der Waals surface area (Å²) in [4.78, 5) is 0.